The average molecular weight is 358 g/mol. The lowest BCUT2D eigenvalue weighted by molar-refractivity contribution is -0.277. The largest absolute Gasteiger partial charge is 0.508 e. The quantitative estimate of drug-likeness (QED) is 0.375. The SMILES string of the molecule is CCCCCc1cc(O)cc(O)c1O[C@@H]1O[C@H](CO)[C@@H](O)[C@H](O)[C@H]1O. The Morgan fingerprint density at radius 2 is 1.76 bits per heavy atom. The third kappa shape index (κ3) is 4.53. The molecular weight excluding hydrogens is 332 g/mol. The Morgan fingerprint density at radius 1 is 1.04 bits per heavy atom. The summed E-state index contributed by atoms with van der Waals surface area (Å²) in [5.74, 6) is -0.424. The third-order valence-electron chi connectivity index (χ3n) is 4.26. The smallest absolute Gasteiger partial charge is 0.229 e. The minimum Gasteiger partial charge on any atom is -0.508 e. The second-order valence-corrected chi connectivity index (χ2v) is 6.23. The highest BCUT2D eigenvalue weighted by molar-refractivity contribution is 5.50. The summed E-state index contributed by atoms with van der Waals surface area (Å²) in [5.41, 5.74) is 0.530. The molecule has 8 heteroatoms. The van der Waals surface area contributed by atoms with E-state index in [2.05, 4.69) is 0 Å². The molecule has 5 atom stereocenters. The Bertz CT molecular complexity index is 562. The molecule has 0 bridgehead atoms. The molecular formula is C17H26O8. The first kappa shape index (κ1) is 19.7. The highest BCUT2D eigenvalue weighted by Gasteiger charge is 2.45. The van der Waals surface area contributed by atoms with Gasteiger partial charge in [0.15, 0.2) is 11.5 Å². The van der Waals surface area contributed by atoms with Crippen molar-refractivity contribution in [3.63, 3.8) is 0 Å². The zero-order valence-electron chi connectivity index (χ0n) is 14.1. The van der Waals surface area contributed by atoms with E-state index in [-0.39, 0.29) is 17.2 Å². The number of phenols is 2. The molecule has 0 radical (unpaired) electrons. The molecule has 1 heterocycles. The minimum atomic E-state index is -1.57. The minimum absolute atomic E-state index is 0.0261. The number of aliphatic hydroxyl groups is 4. The van der Waals surface area contributed by atoms with E-state index in [1.165, 1.54) is 6.07 Å². The maximum atomic E-state index is 10.1. The summed E-state index contributed by atoms with van der Waals surface area (Å²) in [6.07, 6.45) is -3.84. The summed E-state index contributed by atoms with van der Waals surface area (Å²) in [5, 5.41) is 58.7. The number of hydrogen-bond donors (Lipinski definition) is 6. The molecule has 0 spiro atoms. The number of aliphatic hydroxyl groups excluding tert-OH is 4. The Morgan fingerprint density at radius 3 is 2.40 bits per heavy atom. The first-order chi connectivity index (χ1) is 11.9. The van der Waals surface area contributed by atoms with Crippen molar-refractivity contribution in [2.75, 3.05) is 6.61 Å². The van der Waals surface area contributed by atoms with Crippen molar-refractivity contribution in [1.29, 1.82) is 0 Å². The Kier molecular flexibility index (Phi) is 6.86. The maximum absolute atomic E-state index is 10.1. The van der Waals surface area contributed by atoms with Crippen molar-refractivity contribution >= 4 is 0 Å². The van der Waals surface area contributed by atoms with Gasteiger partial charge >= 0.3 is 0 Å². The molecule has 8 nitrogen and oxygen atoms in total. The summed E-state index contributed by atoms with van der Waals surface area (Å²) in [7, 11) is 0. The molecule has 1 aromatic carbocycles. The van der Waals surface area contributed by atoms with Gasteiger partial charge in [0, 0.05) is 11.6 Å². The van der Waals surface area contributed by atoms with Gasteiger partial charge in [-0.25, -0.2) is 0 Å². The summed E-state index contributed by atoms with van der Waals surface area (Å²) in [6.45, 7) is 1.47. The van der Waals surface area contributed by atoms with Crippen LogP contribution in [0.25, 0.3) is 0 Å². The van der Waals surface area contributed by atoms with Crippen LogP contribution in [-0.2, 0) is 11.2 Å². The van der Waals surface area contributed by atoms with E-state index in [4.69, 9.17) is 9.47 Å². The van der Waals surface area contributed by atoms with Gasteiger partial charge in [-0.1, -0.05) is 19.8 Å². The van der Waals surface area contributed by atoms with Gasteiger partial charge in [0.2, 0.25) is 6.29 Å². The molecule has 142 valence electrons. The maximum Gasteiger partial charge on any atom is 0.229 e. The lowest BCUT2D eigenvalue weighted by Gasteiger charge is -2.39. The van der Waals surface area contributed by atoms with Crippen molar-refractivity contribution in [2.45, 2.75) is 63.3 Å². The number of hydrogen-bond acceptors (Lipinski definition) is 8. The van der Waals surface area contributed by atoms with Gasteiger partial charge in [-0.15, -0.1) is 0 Å². The molecule has 1 aromatic rings. The summed E-state index contributed by atoms with van der Waals surface area (Å²) in [6, 6.07) is 2.55. The number of phenolic OH excluding ortho intramolecular Hbond substituents is 2. The second kappa shape index (κ2) is 8.68. The van der Waals surface area contributed by atoms with Crippen molar-refractivity contribution in [2.24, 2.45) is 0 Å². The van der Waals surface area contributed by atoms with Crippen LogP contribution in [0, 0.1) is 0 Å². The number of benzene rings is 1. The normalized spacial score (nSPS) is 29.6. The molecule has 0 aliphatic carbocycles. The van der Waals surface area contributed by atoms with Crippen LogP contribution < -0.4 is 4.74 Å². The first-order valence-electron chi connectivity index (χ1n) is 8.41. The number of rotatable bonds is 7. The summed E-state index contributed by atoms with van der Waals surface area (Å²) >= 11 is 0. The van der Waals surface area contributed by atoms with Crippen LogP contribution in [0.5, 0.6) is 17.2 Å². The van der Waals surface area contributed by atoms with Gasteiger partial charge in [0.25, 0.3) is 0 Å². The van der Waals surface area contributed by atoms with E-state index < -0.39 is 37.3 Å². The molecule has 25 heavy (non-hydrogen) atoms. The summed E-state index contributed by atoms with van der Waals surface area (Å²) < 4.78 is 10.8. The van der Waals surface area contributed by atoms with Crippen LogP contribution in [0.1, 0.15) is 31.7 Å². The monoisotopic (exact) mass is 358 g/mol. The van der Waals surface area contributed by atoms with Crippen LogP contribution in [0.15, 0.2) is 12.1 Å². The van der Waals surface area contributed by atoms with E-state index in [1.54, 1.807) is 0 Å². The fraction of sp³-hybridized carbons (Fsp3) is 0.647. The van der Waals surface area contributed by atoms with E-state index in [0.29, 0.717) is 12.0 Å². The van der Waals surface area contributed by atoms with Crippen molar-refractivity contribution < 1.29 is 40.1 Å². The molecule has 6 N–H and O–H groups in total. The predicted molar refractivity (Wildman–Crippen MR) is 87.4 cm³/mol. The highest BCUT2D eigenvalue weighted by Crippen LogP contribution is 2.37. The van der Waals surface area contributed by atoms with E-state index >= 15 is 0 Å². The molecule has 0 unspecified atom stereocenters. The van der Waals surface area contributed by atoms with Crippen LogP contribution in [-0.4, -0.2) is 68.0 Å². The number of unbranched alkanes of at least 4 members (excludes halogenated alkanes) is 2. The molecule has 1 saturated heterocycles. The Balaban J connectivity index is 2.22. The molecule has 0 aromatic heterocycles. The molecule has 0 saturated carbocycles. The lowest BCUT2D eigenvalue weighted by atomic mass is 9.99. The van der Waals surface area contributed by atoms with Gasteiger partial charge in [-0.3, -0.25) is 0 Å². The average Bonchev–Trinajstić information content (AvgIpc) is 2.57. The Labute approximate surface area is 145 Å². The van der Waals surface area contributed by atoms with Gasteiger partial charge in [0.05, 0.1) is 6.61 Å². The van der Waals surface area contributed by atoms with E-state index in [1.807, 2.05) is 6.92 Å². The van der Waals surface area contributed by atoms with Crippen molar-refractivity contribution in [3.05, 3.63) is 17.7 Å². The first-order valence-corrected chi connectivity index (χ1v) is 8.41. The molecule has 0 amide bonds. The van der Waals surface area contributed by atoms with Crippen molar-refractivity contribution in [3.8, 4) is 17.2 Å². The predicted octanol–water partition coefficient (Wildman–Crippen LogP) is 0.00920. The van der Waals surface area contributed by atoms with E-state index in [0.717, 1.165) is 25.3 Å². The standard InChI is InChI=1S/C17H26O8/c1-2-3-4-5-9-6-10(19)7-11(20)16(9)25-17-15(23)14(22)13(21)12(8-18)24-17/h6-7,12-15,17-23H,2-5,8H2,1H3/t12-,13-,14+,15-,17+/m1/s1. The molecule has 1 fully saturated rings. The van der Waals surface area contributed by atoms with Gasteiger partial charge < -0.3 is 40.1 Å². The van der Waals surface area contributed by atoms with Crippen LogP contribution in [0.3, 0.4) is 0 Å². The number of aromatic hydroxyl groups is 2. The Hall–Kier alpha value is -1.58. The van der Waals surface area contributed by atoms with Gasteiger partial charge in [0.1, 0.15) is 30.2 Å². The third-order valence-corrected chi connectivity index (χ3v) is 4.26. The number of aryl methyl sites for hydroxylation is 1. The molecule has 2 rings (SSSR count). The van der Waals surface area contributed by atoms with E-state index in [9.17, 15) is 30.6 Å². The van der Waals surface area contributed by atoms with Crippen molar-refractivity contribution in [1.82, 2.24) is 0 Å². The van der Waals surface area contributed by atoms with Crippen LogP contribution in [0.4, 0.5) is 0 Å². The highest BCUT2D eigenvalue weighted by atomic mass is 16.7. The van der Waals surface area contributed by atoms with Gasteiger partial charge in [-0.05, 0) is 18.9 Å². The fourth-order valence-corrected chi connectivity index (χ4v) is 2.82. The van der Waals surface area contributed by atoms with Crippen LogP contribution >= 0.6 is 0 Å². The lowest BCUT2D eigenvalue weighted by Crippen LogP contribution is -2.60. The second-order valence-electron chi connectivity index (χ2n) is 6.23. The molecule has 1 aliphatic heterocycles. The zero-order valence-corrected chi connectivity index (χ0v) is 14.1. The van der Waals surface area contributed by atoms with Gasteiger partial charge in [-0.2, -0.15) is 0 Å². The zero-order chi connectivity index (χ0) is 18.6. The van der Waals surface area contributed by atoms with Crippen LogP contribution in [0.2, 0.25) is 0 Å². The summed E-state index contributed by atoms with van der Waals surface area (Å²) in [4.78, 5) is 0. The fourth-order valence-electron chi connectivity index (χ4n) is 2.82. The molecule has 1 aliphatic rings. The number of ether oxygens (including phenoxy) is 2. The topological polar surface area (TPSA) is 140 Å².